The molecule has 2 N–H and O–H groups in total. The van der Waals surface area contributed by atoms with Crippen molar-refractivity contribution in [1.82, 2.24) is 4.90 Å². The van der Waals surface area contributed by atoms with Gasteiger partial charge in [0.25, 0.3) is 0 Å². The molecule has 2 saturated heterocycles. The Balaban J connectivity index is 1.46. The van der Waals surface area contributed by atoms with Gasteiger partial charge in [0.1, 0.15) is 5.75 Å². The maximum Gasteiger partial charge on any atom is 0.303 e. The number of hydrogen-bond acceptors (Lipinski definition) is 6. The molecule has 0 spiro atoms. The fraction of sp³-hybridized carbons (Fsp3) is 0.387. The third-order valence-corrected chi connectivity index (χ3v) is 9.95. The van der Waals surface area contributed by atoms with E-state index in [1.807, 2.05) is 6.08 Å². The number of anilines is 1. The summed E-state index contributed by atoms with van der Waals surface area (Å²) in [5.74, 6) is -5.76. The van der Waals surface area contributed by atoms with E-state index in [2.05, 4.69) is 15.9 Å². The van der Waals surface area contributed by atoms with E-state index < -0.39 is 41.0 Å². The molecule has 0 unspecified atom stereocenters. The number of rotatable bonds is 6. The Labute approximate surface area is 244 Å². The minimum absolute atomic E-state index is 0.0230. The molecule has 41 heavy (non-hydrogen) atoms. The summed E-state index contributed by atoms with van der Waals surface area (Å²) in [7, 11) is 0. The molecule has 2 aliphatic carbocycles. The molecule has 0 aromatic heterocycles. The highest BCUT2D eigenvalue weighted by molar-refractivity contribution is 9.10. The number of halogens is 1. The van der Waals surface area contributed by atoms with Crippen LogP contribution >= 0.6 is 15.9 Å². The van der Waals surface area contributed by atoms with E-state index in [1.54, 1.807) is 49.4 Å². The molecule has 2 aliphatic heterocycles. The van der Waals surface area contributed by atoms with Gasteiger partial charge in [0, 0.05) is 28.9 Å². The number of benzene rings is 2. The fourth-order valence-electron chi connectivity index (χ4n) is 7.61. The predicted molar refractivity (Wildman–Crippen MR) is 150 cm³/mol. The Morgan fingerprint density at radius 1 is 1.02 bits per heavy atom. The average molecular weight is 621 g/mol. The molecule has 9 nitrogen and oxygen atoms in total. The zero-order chi connectivity index (χ0) is 29.2. The summed E-state index contributed by atoms with van der Waals surface area (Å²) >= 11 is 3.48. The number of carboxylic acid groups (broad SMARTS) is 1. The topological polar surface area (TPSA) is 132 Å². The summed E-state index contributed by atoms with van der Waals surface area (Å²) < 4.78 is 0.690. The van der Waals surface area contributed by atoms with Gasteiger partial charge in [-0.25, -0.2) is 4.90 Å². The smallest absolute Gasteiger partial charge is 0.303 e. The van der Waals surface area contributed by atoms with Crippen LogP contribution in [0.3, 0.4) is 0 Å². The number of aromatic hydroxyl groups is 1. The van der Waals surface area contributed by atoms with Crippen molar-refractivity contribution < 1.29 is 34.2 Å². The van der Waals surface area contributed by atoms with Crippen molar-refractivity contribution in [1.29, 1.82) is 0 Å². The molecule has 6 atom stereocenters. The van der Waals surface area contributed by atoms with Gasteiger partial charge in [0.15, 0.2) is 0 Å². The second kappa shape index (κ2) is 9.94. The van der Waals surface area contributed by atoms with Crippen LogP contribution in [0, 0.1) is 29.1 Å². The first kappa shape index (κ1) is 27.4. The van der Waals surface area contributed by atoms with E-state index in [0.717, 1.165) is 5.57 Å². The summed E-state index contributed by atoms with van der Waals surface area (Å²) in [4.78, 5) is 68.9. The number of carboxylic acids is 1. The van der Waals surface area contributed by atoms with Crippen molar-refractivity contribution in [3.8, 4) is 5.75 Å². The van der Waals surface area contributed by atoms with Gasteiger partial charge in [0.2, 0.25) is 23.6 Å². The third kappa shape index (κ3) is 4.06. The zero-order valence-corrected chi connectivity index (χ0v) is 23.9. The molecule has 1 saturated carbocycles. The fourth-order valence-corrected chi connectivity index (χ4v) is 7.99. The maximum atomic E-state index is 14.3. The molecule has 6 rings (SSSR count). The van der Waals surface area contributed by atoms with Gasteiger partial charge in [-0.05, 0) is 62.4 Å². The highest BCUT2D eigenvalue weighted by Gasteiger charge is 2.67. The number of carbonyl (C=O) groups excluding carboxylic acids is 4. The number of hydrogen-bond donors (Lipinski definition) is 2. The van der Waals surface area contributed by atoms with Gasteiger partial charge in [0.05, 0.1) is 28.9 Å². The highest BCUT2D eigenvalue weighted by atomic mass is 79.9. The third-order valence-electron chi connectivity index (χ3n) is 9.45. The van der Waals surface area contributed by atoms with E-state index in [9.17, 15) is 29.1 Å². The summed E-state index contributed by atoms with van der Waals surface area (Å²) in [5, 5.41) is 20.1. The van der Waals surface area contributed by atoms with Crippen LogP contribution in [0.15, 0.2) is 64.7 Å². The van der Waals surface area contributed by atoms with Gasteiger partial charge < -0.3 is 10.2 Å². The molecular formula is C31H29BrN2O7. The first-order valence-corrected chi connectivity index (χ1v) is 14.5. The number of fused-ring (bicyclic) bond motifs is 4. The maximum absolute atomic E-state index is 14.3. The summed E-state index contributed by atoms with van der Waals surface area (Å²) in [6.45, 7) is 1.80. The number of amides is 4. The number of aliphatic carboxylic acids is 1. The molecule has 212 valence electrons. The van der Waals surface area contributed by atoms with Crippen molar-refractivity contribution in [2.45, 2.75) is 38.5 Å². The van der Waals surface area contributed by atoms with E-state index in [0.29, 0.717) is 15.7 Å². The molecular weight excluding hydrogens is 592 g/mol. The zero-order valence-electron chi connectivity index (χ0n) is 22.3. The monoisotopic (exact) mass is 620 g/mol. The number of imide groups is 2. The number of likely N-dealkylation sites (tertiary alicyclic amines) is 1. The quantitative estimate of drug-likeness (QED) is 0.364. The van der Waals surface area contributed by atoms with Crippen molar-refractivity contribution in [3.05, 3.63) is 70.2 Å². The summed E-state index contributed by atoms with van der Waals surface area (Å²) in [5.41, 5.74) is 0.477. The molecule has 2 aromatic rings. The van der Waals surface area contributed by atoms with Crippen LogP contribution in [-0.4, -0.2) is 51.3 Å². The molecule has 10 heteroatoms. The second-order valence-electron chi connectivity index (χ2n) is 11.5. The second-order valence-corrected chi connectivity index (χ2v) is 12.4. The lowest BCUT2D eigenvalue weighted by atomic mass is 9.51. The van der Waals surface area contributed by atoms with Crippen LogP contribution in [0.1, 0.15) is 44.1 Å². The van der Waals surface area contributed by atoms with E-state index in [1.165, 1.54) is 15.9 Å². The van der Waals surface area contributed by atoms with Crippen molar-refractivity contribution >= 4 is 51.2 Å². The van der Waals surface area contributed by atoms with Crippen LogP contribution in [0.4, 0.5) is 5.69 Å². The van der Waals surface area contributed by atoms with Crippen LogP contribution < -0.4 is 4.90 Å². The SMILES string of the molecule is C[C@@]12C(=O)N(c3ccccc3)C(=O)[C@@H]1C[C@@H]1C(=CC[C@@H]3C(=O)N(CCCC(=O)O)C(=O)[C@@H]31)[C@@H]2c1cc(Br)ccc1O. The Kier molecular flexibility index (Phi) is 6.64. The van der Waals surface area contributed by atoms with Crippen LogP contribution in [0.2, 0.25) is 0 Å². The predicted octanol–water partition coefficient (Wildman–Crippen LogP) is 4.25. The van der Waals surface area contributed by atoms with Crippen molar-refractivity contribution in [2.75, 3.05) is 11.4 Å². The standard InChI is InChI=1S/C31H29BrN2O7/c1-31-22(28(39)34(30(31)41)17-6-3-2-4-7-17)15-20-18(26(31)21-14-16(32)9-12-23(21)35)10-11-19-25(20)29(40)33(27(19)38)13-5-8-24(36)37/h2-4,6-7,9-10,12,14,19-20,22,25-26,35H,5,8,11,13,15H2,1H3,(H,36,37)/t19-,20+,22-,25-,26+,31+/m0/s1. The van der Waals surface area contributed by atoms with Gasteiger partial charge >= 0.3 is 5.97 Å². The van der Waals surface area contributed by atoms with E-state index >= 15 is 0 Å². The number of allylic oxidation sites excluding steroid dienone is 2. The Bertz CT molecular complexity index is 1520. The van der Waals surface area contributed by atoms with E-state index in [-0.39, 0.29) is 61.6 Å². The minimum atomic E-state index is -1.24. The van der Waals surface area contributed by atoms with Crippen LogP contribution in [0.5, 0.6) is 5.75 Å². The molecule has 0 bridgehead atoms. The lowest BCUT2D eigenvalue weighted by Crippen LogP contribution is -2.48. The Hall–Kier alpha value is -3.79. The first-order chi connectivity index (χ1) is 19.6. The molecule has 4 aliphatic rings. The van der Waals surface area contributed by atoms with Gasteiger partial charge in [-0.3, -0.25) is 28.9 Å². The Morgan fingerprint density at radius 2 is 1.76 bits per heavy atom. The minimum Gasteiger partial charge on any atom is -0.508 e. The number of phenolic OH excluding ortho intramolecular Hbond substituents is 1. The number of carbonyl (C=O) groups is 5. The van der Waals surface area contributed by atoms with Crippen LogP contribution in [0.25, 0.3) is 0 Å². The van der Waals surface area contributed by atoms with Gasteiger partial charge in [-0.1, -0.05) is 45.8 Å². The summed E-state index contributed by atoms with van der Waals surface area (Å²) in [6.07, 6.45) is 2.42. The molecule has 4 amide bonds. The van der Waals surface area contributed by atoms with Crippen LogP contribution in [-0.2, 0) is 24.0 Å². The molecule has 2 aromatic carbocycles. The molecule has 3 fully saturated rings. The van der Waals surface area contributed by atoms with Crippen molar-refractivity contribution in [2.24, 2.45) is 29.1 Å². The number of para-hydroxylation sites is 1. The average Bonchev–Trinajstić information content (AvgIpc) is 3.30. The van der Waals surface area contributed by atoms with Crippen molar-refractivity contribution in [3.63, 3.8) is 0 Å². The first-order valence-electron chi connectivity index (χ1n) is 13.7. The molecule has 2 heterocycles. The number of phenols is 1. The Morgan fingerprint density at radius 3 is 2.46 bits per heavy atom. The van der Waals surface area contributed by atoms with Gasteiger partial charge in [-0.15, -0.1) is 0 Å². The number of nitrogens with zero attached hydrogens (tertiary/aromatic N) is 2. The summed E-state index contributed by atoms with van der Waals surface area (Å²) in [6, 6.07) is 13.7. The largest absolute Gasteiger partial charge is 0.508 e. The lowest BCUT2D eigenvalue weighted by molar-refractivity contribution is -0.142. The molecule has 0 radical (unpaired) electrons. The normalized spacial score (nSPS) is 30.7. The highest BCUT2D eigenvalue weighted by Crippen LogP contribution is 2.64. The van der Waals surface area contributed by atoms with E-state index in [4.69, 9.17) is 5.11 Å². The van der Waals surface area contributed by atoms with Gasteiger partial charge in [-0.2, -0.15) is 0 Å². The lowest BCUT2D eigenvalue weighted by Gasteiger charge is -2.49.